The molecule has 1 aromatic carbocycles. The Hall–Kier alpha value is -0.360. The number of halogens is 5. The van der Waals surface area contributed by atoms with Crippen LogP contribution in [0.25, 0.3) is 0 Å². The van der Waals surface area contributed by atoms with Gasteiger partial charge in [0.15, 0.2) is 5.78 Å². The van der Waals surface area contributed by atoms with Crippen LogP contribution in [0.2, 0.25) is 0 Å². The van der Waals surface area contributed by atoms with Crippen LogP contribution < -0.4 is 0 Å². The number of ketones is 1. The highest BCUT2D eigenvalue weighted by Crippen LogP contribution is 2.36. The number of alkyl halides is 5. The summed E-state index contributed by atoms with van der Waals surface area (Å²) in [4.78, 5) is 11.1. The van der Waals surface area contributed by atoms with Crippen molar-refractivity contribution < 1.29 is 18.0 Å². The molecule has 6 heteroatoms. The molecule has 0 aromatic heterocycles. The molecule has 0 bridgehead atoms. The van der Waals surface area contributed by atoms with Gasteiger partial charge in [-0.1, -0.05) is 50.1 Å². The first-order valence-corrected chi connectivity index (χ1v) is 6.76. The van der Waals surface area contributed by atoms with Crippen LogP contribution in [0.3, 0.4) is 0 Å². The Bertz CT molecular complexity index is 427. The zero-order chi connectivity index (χ0) is 13.2. The molecule has 17 heavy (non-hydrogen) atoms. The van der Waals surface area contributed by atoms with Crippen molar-refractivity contribution in [1.29, 1.82) is 0 Å². The Kier molecular flexibility index (Phi) is 4.77. The van der Waals surface area contributed by atoms with Gasteiger partial charge >= 0.3 is 6.18 Å². The minimum absolute atomic E-state index is 0.0552. The van der Waals surface area contributed by atoms with Crippen LogP contribution in [0.4, 0.5) is 13.2 Å². The SMILES string of the molecule is CC(Br)C(=O)c1cccc(CBr)c1C(F)(F)F. The highest BCUT2D eigenvalue weighted by Gasteiger charge is 2.37. The molecule has 1 atom stereocenters. The first-order chi connectivity index (χ1) is 7.79. The van der Waals surface area contributed by atoms with Crippen LogP contribution in [-0.4, -0.2) is 10.6 Å². The molecular formula is C11H9Br2F3O. The lowest BCUT2D eigenvalue weighted by molar-refractivity contribution is -0.138. The molecule has 0 fully saturated rings. The van der Waals surface area contributed by atoms with Crippen molar-refractivity contribution >= 4 is 37.6 Å². The minimum Gasteiger partial charge on any atom is -0.293 e. The summed E-state index contributed by atoms with van der Waals surface area (Å²) in [6, 6.07) is 4.01. The van der Waals surface area contributed by atoms with Gasteiger partial charge in [0.1, 0.15) is 0 Å². The van der Waals surface area contributed by atoms with Gasteiger partial charge in [0.05, 0.1) is 10.4 Å². The second-order valence-corrected chi connectivity index (χ2v) is 5.39. The van der Waals surface area contributed by atoms with Crippen LogP contribution in [0.5, 0.6) is 0 Å². The van der Waals surface area contributed by atoms with Gasteiger partial charge in [-0.3, -0.25) is 4.79 Å². The second-order valence-electron chi connectivity index (χ2n) is 3.45. The van der Waals surface area contributed by atoms with E-state index in [9.17, 15) is 18.0 Å². The van der Waals surface area contributed by atoms with E-state index < -0.39 is 22.4 Å². The van der Waals surface area contributed by atoms with Gasteiger partial charge in [0.25, 0.3) is 0 Å². The van der Waals surface area contributed by atoms with Crippen molar-refractivity contribution in [3.05, 3.63) is 34.9 Å². The van der Waals surface area contributed by atoms with Crippen molar-refractivity contribution in [1.82, 2.24) is 0 Å². The average molecular weight is 374 g/mol. The van der Waals surface area contributed by atoms with Gasteiger partial charge in [0.2, 0.25) is 0 Å². The predicted molar refractivity (Wildman–Crippen MR) is 66.8 cm³/mol. The molecule has 1 nitrogen and oxygen atoms in total. The van der Waals surface area contributed by atoms with Gasteiger partial charge in [-0.05, 0) is 12.5 Å². The van der Waals surface area contributed by atoms with E-state index in [2.05, 4.69) is 31.9 Å². The molecule has 1 unspecified atom stereocenters. The first-order valence-electron chi connectivity index (χ1n) is 4.72. The first kappa shape index (κ1) is 14.7. The molecular weight excluding hydrogens is 365 g/mol. The highest BCUT2D eigenvalue weighted by atomic mass is 79.9. The van der Waals surface area contributed by atoms with E-state index in [4.69, 9.17) is 0 Å². The fraction of sp³-hybridized carbons (Fsp3) is 0.364. The van der Waals surface area contributed by atoms with Crippen molar-refractivity contribution in [2.75, 3.05) is 0 Å². The molecule has 94 valence electrons. The fourth-order valence-corrected chi connectivity index (χ4v) is 2.18. The lowest BCUT2D eigenvalue weighted by atomic mass is 9.97. The average Bonchev–Trinajstić information content (AvgIpc) is 2.25. The Balaban J connectivity index is 3.45. The Morgan fingerprint density at radius 1 is 1.41 bits per heavy atom. The van der Waals surface area contributed by atoms with Crippen molar-refractivity contribution in [3.63, 3.8) is 0 Å². The largest absolute Gasteiger partial charge is 0.417 e. The lowest BCUT2D eigenvalue weighted by Crippen LogP contribution is -2.19. The van der Waals surface area contributed by atoms with E-state index in [1.54, 1.807) is 0 Å². The number of carbonyl (C=O) groups is 1. The number of hydrogen-bond acceptors (Lipinski definition) is 1. The van der Waals surface area contributed by atoms with E-state index in [-0.39, 0.29) is 16.5 Å². The maximum atomic E-state index is 12.9. The van der Waals surface area contributed by atoms with Gasteiger partial charge in [-0.15, -0.1) is 0 Å². The molecule has 0 saturated carbocycles. The molecule has 0 aliphatic rings. The summed E-state index contributed by atoms with van der Waals surface area (Å²) in [5.74, 6) is -0.569. The van der Waals surface area contributed by atoms with Crippen LogP contribution in [0, 0.1) is 0 Å². The van der Waals surface area contributed by atoms with E-state index in [0.717, 1.165) is 0 Å². The third-order valence-corrected chi connectivity index (χ3v) is 3.22. The van der Waals surface area contributed by atoms with Gasteiger partial charge in [-0.2, -0.15) is 13.2 Å². The zero-order valence-corrected chi connectivity index (χ0v) is 12.0. The summed E-state index contributed by atoms with van der Waals surface area (Å²) in [6.07, 6.45) is -4.53. The molecule has 0 saturated heterocycles. The zero-order valence-electron chi connectivity index (χ0n) is 8.81. The molecule has 1 aromatic rings. The standard InChI is InChI=1S/C11H9Br2F3O/c1-6(13)10(17)8-4-2-3-7(5-12)9(8)11(14,15)16/h2-4,6H,5H2,1H3. The summed E-state index contributed by atoms with van der Waals surface area (Å²) >= 11 is 5.99. The third-order valence-electron chi connectivity index (χ3n) is 2.20. The van der Waals surface area contributed by atoms with Crippen LogP contribution in [-0.2, 0) is 11.5 Å². The Labute approximate surface area is 114 Å². The minimum atomic E-state index is -4.53. The smallest absolute Gasteiger partial charge is 0.293 e. The molecule has 1 rings (SSSR count). The van der Waals surface area contributed by atoms with Crippen molar-refractivity contribution in [3.8, 4) is 0 Å². The van der Waals surface area contributed by atoms with Crippen LogP contribution >= 0.6 is 31.9 Å². The predicted octanol–water partition coefficient (Wildman–Crippen LogP) is 4.57. The molecule has 0 heterocycles. The lowest BCUT2D eigenvalue weighted by Gasteiger charge is -2.16. The van der Waals surface area contributed by atoms with E-state index >= 15 is 0 Å². The molecule has 0 amide bonds. The maximum Gasteiger partial charge on any atom is 0.417 e. The van der Waals surface area contributed by atoms with Crippen LogP contribution in [0.1, 0.15) is 28.4 Å². The van der Waals surface area contributed by atoms with Gasteiger partial charge in [-0.25, -0.2) is 0 Å². The van der Waals surface area contributed by atoms with Gasteiger partial charge < -0.3 is 0 Å². The van der Waals surface area contributed by atoms with E-state index in [1.807, 2.05) is 0 Å². The fourth-order valence-electron chi connectivity index (χ4n) is 1.47. The molecule has 0 aliphatic carbocycles. The summed E-state index contributed by atoms with van der Waals surface area (Å²) in [6.45, 7) is 1.50. The normalized spacial score (nSPS) is 13.5. The maximum absolute atomic E-state index is 12.9. The number of Topliss-reactive ketones (excluding diaryl/α,β-unsaturated/α-hetero) is 1. The van der Waals surface area contributed by atoms with E-state index in [0.29, 0.717) is 0 Å². The Morgan fingerprint density at radius 3 is 2.41 bits per heavy atom. The number of benzene rings is 1. The summed E-state index contributed by atoms with van der Waals surface area (Å²) < 4.78 is 38.8. The quantitative estimate of drug-likeness (QED) is 0.560. The number of hydrogen-bond donors (Lipinski definition) is 0. The highest BCUT2D eigenvalue weighted by molar-refractivity contribution is 9.10. The second kappa shape index (κ2) is 5.52. The molecule has 0 N–H and O–H groups in total. The van der Waals surface area contributed by atoms with Gasteiger partial charge in [0, 0.05) is 10.9 Å². The third kappa shape index (κ3) is 3.31. The molecule has 0 spiro atoms. The topological polar surface area (TPSA) is 17.1 Å². The number of rotatable bonds is 3. The Morgan fingerprint density at radius 2 is 2.00 bits per heavy atom. The summed E-state index contributed by atoms with van der Waals surface area (Å²) in [7, 11) is 0. The summed E-state index contributed by atoms with van der Waals surface area (Å²) in [5.41, 5.74) is -1.08. The summed E-state index contributed by atoms with van der Waals surface area (Å²) in [5, 5.41) is 0.0552. The molecule has 0 aliphatic heterocycles. The van der Waals surface area contributed by atoms with E-state index in [1.165, 1.54) is 25.1 Å². The van der Waals surface area contributed by atoms with Crippen molar-refractivity contribution in [2.45, 2.75) is 23.3 Å². The molecule has 0 radical (unpaired) electrons. The number of carbonyl (C=O) groups excluding carboxylic acids is 1. The van der Waals surface area contributed by atoms with Crippen LogP contribution in [0.15, 0.2) is 18.2 Å². The monoisotopic (exact) mass is 372 g/mol. The van der Waals surface area contributed by atoms with Crippen molar-refractivity contribution in [2.24, 2.45) is 0 Å².